The molecule has 0 spiro atoms. The van der Waals surface area contributed by atoms with Gasteiger partial charge >= 0.3 is 0 Å². The van der Waals surface area contributed by atoms with Crippen molar-refractivity contribution in [3.63, 3.8) is 0 Å². The second-order valence-electron chi connectivity index (χ2n) is 3.23. The van der Waals surface area contributed by atoms with Gasteiger partial charge in [0.1, 0.15) is 0 Å². The number of nitrogens with zero attached hydrogens (tertiary/aromatic N) is 1. The molecule has 2 N–H and O–H groups in total. The van der Waals surface area contributed by atoms with Gasteiger partial charge in [-0.2, -0.15) is 5.26 Å². The molecule has 1 aromatic carbocycles. The van der Waals surface area contributed by atoms with E-state index >= 15 is 0 Å². The molecule has 3 nitrogen and oxygen atoms in total. The van der Waals surface area contributed by atoms with Crippen LogP contribution in [0.25, 0.3) is 0 Å². The topological polar surface area (TPSA) is 59.0 Å². The summed E-state index contributed by atoms with van der Waals surface area (Å²) in [5.74, 6) is 0. The number of ether oxygens (including phenoxy) is 1. The van der Waals surface area contributed by atoms with E-state index in [0.29, 0.717) is 12.2 Å². The summed E-state index contributed by atoms with van der Waals surface area (Å²) in [5.41, 5.74) is 7.60. The first-order valence-electron chi connectivity index (χ1n) is 4.50. The van der Waals surface area contributed by atoms with Crippen LogP contribution in [0.1, 0.15) is 11.1 Å². The summed E-state index contributed by atoms with van der Waals surface area (Å²) in [7, 11) is 1.64. The Hall–Kier alpha value is -1.37. The standard InChI is InChI=1S/C11H14N2O/c1-14-8-11(13)6-9-2-4-10(7-12)5-3-9/h2-5,11H,6,8,13H2,1H3/t11-/m1/s1. The van der Waals surface area contributed by atoms with Crippen molar-refractivity contribution < 1.29 is 4.74 Å². The number of nitriles is 1. The fourth-order valence-electron chi connectivity index (χ4n) is 1.29. The molecule has 74 valence electrons. The first-order chi connectivity index (χ1) is 6.76. The lowest BCUT2D eigenvalue weighted by Crippen LogP contribution is -2.27. The number of benzene rings is 1. The van der Waals surface area contributed by atoms with Crippen LogP contribution in [0.5, 0.6) is 0 Å². The number of hydrogen-bond acceptors (Lipinski definition) is 3. The van der Waals surface area contributed by atoms with Gasteiger partial charge in [-0.25, -0.2) is 0 Å². The van der Waals surface area contributed by atoms with Crippen LogP contribution in [0.3, 0.4) is 0 Å². The molecule has 3 heteroatoms. The largest absolute Gasteiger partial charge is 0.383 e. The molecule has 0 aliphatic heterocycles. The highest BCUT2D eigenvalue weighted by atomic mass is 16.5. The van der Waals surface area contributed by atoms with Crippen LogP contribution >= 0.6 is 0 Å². The van der Waals surface area contributed by atoms with Gasteiger partial charge in [-0.15, -0.1) is 0 Å². The second kappa shape index (κ2) is 5.38. The number of rotatable bonds is 4. The van der Waals surface area contributed by atoms with E-state index in [1.165, 1.54) is 0 Å². The first-order valence-corrected chi connectivity index (χ1v) is 4.50. The van der Waals surface area contributed by atoms with Crippen molar-refractivity contribution in [3.05, 3.63) is 35.4 Å². The molecule has 0 saturated carbocycles. The molecular formula is C11H14N2O. The molecule has 1 rings (SSSR count). The molecule has 0 unspecified atom stereocenters. The number of hydrogen-bond donors (Lipinski definition) is 1. The lowest BCUT2D eigenvalue weighted by molar-refractivity contribution is 0.180. The van der Waals surface area contributed by atoms with Crippen LogP contribution in [0.2, 0.25) is 0 Å². The SMILES string of the molecule is COC[C@H](N)Cc1ccc(C#N)cc1. The third-order valence-corrected chi connectivity index (χ3v) is 1.96. The number of methoxy groups -OCH3 is 1. The van der Waals surface area contributed by atoms with E-state index in [0.717, 1.165) is 12.0 Å². The van der Waals surface area contributed by atoms with Gasteiger partial charge in [0.25, 0.3) is 0 Å². The Morgan fingerprint density at radius 2 is 2.07 bits per heavy atom. The van der Waals surface area contributed by atoms with Gasteiger partial charge < -0.3 is 10.5 Å². The third kappa shape index (κ3) is 3.17. The predicted octanol–water partition coefficient (Wildman–Crippen LogP) is 1.07. The zero-order chi connectivity index (χ0) is 10.4. The molecule has 0 bridgehead atoms. The van der Waals surface area contributed by atoms with Gasteiger partial charge in [-0.05, 0) is 24.1 Å². The van der Waals surface area contributed by atoms with Gasteiger partial charge in [0.2, 0.25) is 0 Å². The summed E-state index contributed by atoms with van der Waals surface area (Å²) in [6.07, 6.45) is 0.777. The maximum atomic E-state index is 8.60. The van der Waals surface area contributed by atoms with Crippen LogP contribution in [0.4, 0.5) is 0 Å². The summed E-state index contributed by atoms with van der Waals surface area (Å²) < 4.78 is 4.94. The van der Waals surface area contributed by atoms with Gasteiger partial charge in [0, 0.05) is 13.2 Å². The molecule has 0 fully saturated rings. The van der Waals surface area contributed by atoms with E-state index in [2.05, 4.69) is 6.07 Å². The Morgan fingerprint density at radius 3 is 2.57 bits per heavy atom. The van der Waals surface area contributed by atoms with Crippen LogP contribution < -0.4 is 5.73 Å². The van der Waals surface area contributed by atoms with Crippen molar-refractivity contribution in [1.82, 2.24) is 0 Å². The lowest BCUT2D eigenvalue weighted by Gasteiger charge is -2.09. The van der Waals surface area contributed by atoms with Crippen molar-refractivity contribution >= 4 is 0 Å². The predicted molar refractivity (Wildman–Crippen MR) is 54.7 cm³/mol. The minimum atomic E-state index is 0.0212. The average Bonchev–Trinajstić information content (AvgIpc) is 2.19. The lowest BCUT2D eigenvalue weighted by atomic mass is 10.1. The summed E-state index contributed by atoms with van der Waals surface area (Å²) in [6, 6.07) is 9.55. The number of nitrogens with two attached hydrogens (primary N) is 1. The fourth-order valence-corrected chi connectivity index (χ4v) is 1.29. The van der Waals surface area contributed by atoms with Crippen molar-refractivity contribution in [2.45, 2.75) is 12.5 Å². The van der Waals surface area contributed by atoms with Crippen LogP contribution in [-0.2, 0) is 11.2 Å². The minimum Gasteiger partial charge on any atom is -0.383 e. The van der Waals surface area contributed by atoms with Crippen molar-refractivity contribution in [1.29, 1.82) is 5.26 Å². The van der Waals surface area contributed by atoms with E-state index in [1.807, 2.05) is 12.1 Å². The highest BCUT2D eigenvalue weighted by molar-refractivity contribution is 5.31. The fraction of sp³-hybridized carbons (Fsp3) is 0.364. The third-order valence-electron chi connectivity index (χ3n) is 1.96. The van der Waals surface area contributed by atoms with Crippen LogP contribution in [0.15, 0.2) is 24.3 Å². The molecule has 1 aromatic rings. The summed E-state index contributed by atoms with van der Waals surface area (Å²) in [5, 5.41) is 8.60. The molecule has 0 radical (unpaired) electrons. The summed E-state index contributed by atoms with van der Waals surface area (Å²) >= 11 is 0. The van der Waals surface area contributed by atoms with Gasteiger partial charge in [-0.1, -0.05) is 12.1 Å². The van der Waals surface area contributed by atoms with Crippen molar-refractivity contribution in [2.75, 3.05) is 13.7 Å². The maximum absolute atomic E-state index is 8.60. The van der Waals surface area contributed by atoms with Crippen LogP contribution in [0, 0.1) is 11.3 Å². The second-order valence-corrected chi connectivity index (χ2v) is 3.23. The highest BCUT2D eigenvalue weighted by Gasteiger charge is 2.02. The van der Waals surface area contributed by atoms with E-state index < -0.39 is 0 Å². The van der Waals surface area contributed by atoms with Crippen molar-refractivity contribution in [3.8, 4) is 6.07 Å². The van der Waals surface area contributed by atoms with Crippen molar-refractivity contribution in [2.24, 2.45) is 5.73 Å². The maximum Gasteiger partial charge on any atom is 0.0991 e. The molecule has 0 aliphatic carbocycles. The monoisotopic (exact) mass is 190 g/mol. The summed E-state index contributed by atoms with van der Waals surface area (Å²) in [4.78, 5) is 0. The molecule has 14 heavy (non-hydrogen) atoms. The van der Waals surface area contributed by atoms with E-state index in [4.69, 9.17) is 15.7 Å². The van der Waals surface area contributed by atoms with E-state index in [-0.39, 0.29) is 6.04 Å². The minimum absolute atomic E-state index is 0.0212. The quantitative estimate of drug-likeness (QED) is 0.772. The Kier molecular flexibility index (Phi) is 4.11. The highest BCUT2D eigenvalue weighted by Crippen LogP contribution is 2.05. The molecular weight excluding hydrogens is 176 g/mol. The van der Waals surface area contributed by atoms with E-state index in [9.17, 15) is 0 Å². The van der Waals surface area contributed by atoms with E-state index in [1.54, 1.807) is 19.2 Å². The molecule has 0 amide bonds. The molecule has 0 aromatic heterocycles. The Morgan fingerprint density at radius 1 is 1.43 bits per heavy atom. The average molecular weight is 190 g/mol. The smallest absolute Gasteiger partial charge is 0.0991 e. The Labute approximate surface area is 84.1 Å². The van der Waals surface area contributed by atoms with Gasteiger partial charge in [0.05, 0.1) is 18.2 Å². The zero-order valence-electron chi connectivity index (χ0n) is 8.23. The Bertz CT molecular complexity index is 313. The Balaban J connectivity index is 2.56. The van der Waals surface area contributed by atoms with Gasteiger partial charge in [-0.3, -0.25) is 0 Å². The summed E-state index contributed by atoms with van der Waals surface area (Å²) in [6.45, 7) is 0.556. The molecule has 1 atom stereocenters. The van der Waals surface area contributed by atoms with Gasteiger partial charge in [0.15, 0.2) is 0 Å². The first kappa shape index (κ1) is 10.7. The van der Waals surface area contributed by atoms with Crippen LogP contribution in [-0.4, -0.2) is 19.8 Å². The zero-order valence-corrected chi connectivity index (χ0v) is 8.23. The molecule has 0 aliphatic rings. The molecule has 0 heterocycles. The normalized spacial score (nSPS) is 12.1. The molecule has 0 saturated heterocycles.